The fourth-order valence-electron chi connectivity index (χ4n) is 2.64. The third-order valence-corrected chi connectivity index (χ3v) is 3.69. The average molecular weight is 244 g/mol. The van der Waals surface area contributed by atoms with Gasteiger partial charge in [-0.3, -0.25) is 4.79 Å². The molecule has 1 aliphatic carbocycles. The number of ether oxygens (including phenoxy) is 2. The van der Waals surface area contributed by atoms with Gasteiger partial charge in [0.25, 0.3) is 0 Å². The molecule has 0 amide bonds. The van der Waals surface area contributed by atoms with E-state index in [1.54, 1.807) is 14.2 Å². The molecular formula is C13H24O4. The largest absolute Gasteiger partial charge is 0.481 e. The molecule has 100 valence electrons. The molecule has 0 saturated heterocycles. The van der Waals surface area contributed by atoms with Crippen LogP contribution in [-0.2, 0) is 14.3 Å². The van der Waals surface area contributed by atoms with Crippen LogP contribution in [0.4, 0.5) is 0 Å². The molecule has 17 heavy (non-hydrogen) atoms. The van der Waals surface area contributed by atoms with Crippen LogP contribution in [0.5, 0.6) is 0 Å². The number of carbonyl (C=O) groups is 1. The maximum absolute atomic E-state index is 11.2. The number of hydrogen-bond donors (Lipinski definition) is 1. The highest BCUT2D eigenvalue weighted by Gasteiger charge is 2.26. The van der Waals surface area contributed by atoms with Gasteiger partial charge in [0.05, 0.1) is 5.92 Å². The monoisotopic (exact) mass is 244 g/mol. The highest BCUT2D eigenvalue weighted by Crippen LogP contribution is 2.30. The van der Waals surface area contributed by atoms with E-state index in [1.165, 1.54) is 32.1 Å². The molecule has 0 aromatic heterocycles. The highest BCUT2D eigenvalue weighted by molar-refractivity contribution is 5.69. The molecule has 1 saturated carbocycles. The lowest BCUT2D eigenvalue weighted by molar-refractivity contribution is -0.152. The number of carboxylic acid groups (broad SMARTS) is 1. The predicted octanol–water partition coefficient (Wildman–Crippen LogP) is 2.67. The summed E-state index contributed by atoms with van der Waals surface area (Å²) in [5, 5.41) is 9.23. The van der Waals surface area contributed by atoms with Crippen molar-refractivity contribution < 1.29 is 19.4 Å². The van der Waals surface area contributed by atoms with E-state index in [0.29, 0.717) is 12.3 Å². The van der Waals surface area contributed by atoms with Crippen molar-refractivity contribution in [1.29, 1.82) is 0 Å². The van der Waals surface area contributed by atoms with Gasteiger partial charge in [-0.2, -0.15) is 0 Å². The molecule has 0 spiro atoms. The lowest BCUT2D eigenvalue weighted by Crippen LogP contribution is -2.26. The Hall–Kier alpha value is -0.610. The second kappa shape index (κ2) is 7.67. The Morgan fingerprint density at radius 3 is 2.29 bits per heavy atom. The quantitative estimate of drug-likeness (QED) is 0.699. The van der Waals surface area contributed by atoms with Gasteiger partial charge < -0.3 is 14.6 Å². The molecule has 0 radical (unpaired) electrons. The van der Waals surface area contributed by atoms with E-state index < -0.39 is 12.3 Å². The van der Waals surface area contributed by atoms with Gasteiger partial charge >= 0.3 is 5.97 Å². The van der Waals surface area contributed by atoms with Gasteiger partial charge in [-0.15, -0.1) is 0 Å². The summed E-state index contributed by atoms with van der Waals surface area (Å²) in [5.41, 5.74) is 0. The Bertz CT molecular complexity index is 219. The molecule has 0 bridgehead atoms. The maximum Gasteiger partial charge on any atom is 0.306 e. The Morgan fingerprint density at radius 2 is 1.82 bits per heavy atom. The molecule has 1 aliphatic rings. The summed E-state index contributed by atoms with van der Waals surface area (Å²) in [7, 11) is 3.10. The first-order chi connectivity index (χ1) is 8.17. The lowest BCUT2D eigenvalue weighted by Gasteiger charge is -2.26. The first-order valence-corrected chi connectivity index (χ1v) is 6.45. The zero-order valence-corrected chi connectivity index (χ0v) is 10.9. The molecule has 0 unspecified atom stereocenters. The van der Waals surface area contributed by atoms with Crippen LogP contribution in [0.1, 0.15) is 44.9 Å². The van der Waals surface area contributed by atoms with Crippen LogP contribution < -0.4 is 0 Å². The van der Waals surface area contributed by atoms with Crippen molar-refractivity contribution in [3.63, 3.8) is 0 Å². The minimum Gasteiger partial charge on any atom is -0.481 e. The van der Waals surface area contributed by atoms with E-state index >= 15 is 0 Å². The second-order valence-corrected chi connectivity index (χ2v) is 4.91. The minimum absolute atomic E-state index is 0.344. The van der Waals surface area contributed by atoms with Crippen LogP contribution in [0.25, 0.3) is 0 Å². The Balaban J connectivity index is 2.44. The molecule has 4 heteroatoms. The molecule has 0 aliphatic heterocycles. The zero-order chi connectivity index (χ0) is 12.7. The molecule has 0 heterocycles. The van der Waals surface area contributed by atoms with Crippen LogP contribution in [0.15, 0.2) is 0 Å². The number of rotatable bonds is 7. The number of methoxy groups -OCH3 is 2. The van der Waals surface area contributed by atoms with Gasteiger partial charge in [-0.05, 0) is 12.3 Å². The predicted molar refractivity (Wildman–Crippen MR) is 64.7 cm³/mol. The van der Waals surface area contributed by atoms with Crippen LogP contribution in [0, 0.1) is 11.8 Å². The third-order valence-electron chi connectivity index (χ3n) is 3.69. The Morgan fingerprint density at radius 1 is 1.24 bits per heavy atom. The summed E-state index contributed by atoms with van der Waals surface area (Å²) in [6, 6.07) is 0. The SMILES string of the molecule is COC(C[C@H](CC1CCCCC1)C(=O)O)OC. The van der Waals surface area contributed by atoms with E-state index in [0.717, 1.165) is 6.42 Å². The average Bonchev–Trinajstić information content (AvgIpc) is 2.35. The van der Waals surface area contributed by atoms with Crippen molar-refractivity contribution >= 4 is 5.97 Å². The van der Waals surface area contributed by atoms with Gasteiger partial charge in [-0.25, -0.2) is 0 Å². The van der Waals surface area contributed by atoms with E-state index in [2.05, 4.69) is 0 Å². The topological polar surface area (TPSA) is 55.8 Å². The smallest absolute Gasteiger partial charge is 0.306 e. The standard InChI is InChI=1S/C13H24O4/c1-16-12(17-2)9-11(13(14)15)8-10-6-4-3-5-7-10/h10-12H,3-9H2,1-2H3,(H,14,15)/t11-/m0/s1. The highest BCUT2D eigenvalue weighted by atomic mass is 16.7. The molecule has 1 fully saturated rings. The summed E-state index contributed by atoms with van der Waals surface area (Å²) in [4.78, 5) is 11.2. The molecule has 1 atom stereocenters. The van der Waals surface area contributed by atoms with Crippen LogP contribution in [0.3, 0.4) is 0 Å². The first kappa shape index (κ1) is 14.5. The van der Waals surface area contributed by atoms with Crippen molar-refractivity contribution in [3.05, 3.63) is 0 Å². The fourth-order valence-corrected chi connectivity index (χ4v) is 2.64. The van der Waals surface area contributed by atoms with Gasteiger partial charge in [0, 0.05) is 20.6 Å². The van der Waals surface area contributed by atoms with Crippen molar-refractivity contribution in [2.45, 2.75) is 51.2 Å². The van der Waals surface area contributed by atoms with E-state index in [-0.39, 0.29) is 5.92 Å². The van der Waals surface area contributed by atoms with Gasteiger partial charge in [0.2, 0.25) is 0 Å². The van der Waals surface area contributed by atoms with Gasteiger partial charge in [-0.1, -0.05) is 32.1 Å². The van der Waals surface area contributed by atoms with Crippen LogP contribution >= 0.6 is 0 Å². The maximum atomic E-state index is 11.2. The van der Waals surface area contributed by atoms with E-state index in [9.17, 15) is 9.90 Å². The van der Waals surface area contributed by atoms with Crippen LogP contribution in [-0.4, -0.2) is 31.6 Å². The van der Waals surface area contributed by atoms with Crippen molar-refractivity contribution in [2.75, 3.05) is 14.2 Å². The normalized spacial score (nSPS) is 19.5. The fraction of sp³-hybridized carbons (Fsp3) is 0.923. The van der Waals surface area contributed by atoms with E-state index in [1.807, 2.05) is 0 Å². The van der Waals surface area contributed by atoms with Crippen LogP contribution in [0.2, 0.25) is 0 Å². The number of aliphatic carboxylic acids is 1. The Kier molecular flexibility index (Phi) is 6.52. The molecule has 1 rings (SSSR count). The van der Waals surface area contributed by atoms with Crippen molar-refractivity contribution in [1.82, 2.24) is 0 Å². The summed E-state index contributed by atoms with van der Waals surface area (Å²) in [5.74, 6) is -0.503. The molecule has 0 aromatic carbocycles. The molecule has 0 aromatic rings. The first-order valence-electron chi connectivity index (χ1n) is 6.45. The zero-order valence-electron chi connectivity index (χ0n) is 10.9. The number of carboxylic acids is 1. The summed E-state index contributed by atoms with van der Waals surface area (Å²) >= 11 is 0. The van der Waals surface area contributed by atoms with Crippen molar-refractivity contribution in [2.24, 2.45) is 11.8 Å². The van der Waals surface area contributed by atoms with Gasteiger partial charge in [0.15, 0.2) is 6.29 Å². The summed E-state index contributed by atoms with van der Waals surface area (Å²) in [6.07, 6.45) is 6.94. The third kappa shape index (κ3) is 5.04. The molecule has 4 nitrogen and oxygen atoms in total. The Labute approximate surface area is 103 Å². The molecular weight excluding hydrogens is 220 g/mol. The number of hydrogen-bond acceptors (Lipinski definition) is 3. The second-order valence-electron chi connectivity index (χ2n) is 4.91. The molecule has 1 N–H and O–H groups in total. The van der Waals surface area contributed by atoms with E-state index in [4.69, 9.17) is 9.47 Å². The van der Waals surface area contributed by atoms with Crippen molar-refractivity contribution in [3.8, 4) is 0 Å². The lowest BCUT2D eigenvalue weighted by atomic mass is 9.82. The van der Waals surface area contributed by atoms with Gasteiger partial charge in [0.1, 0.15) is 0 Å². The summed E-state index contributed by atoms with van der Waals surface area (Å²) in [6.45, 7) is 0. The summed E-state index contributed by atoms with van der Waals surface area (Å²) < 4.78 is 10.2. The minimum atomic E-state index is -0.727.